The maximum absolute atomic E-state index is 11.6. The molecule has 2 N–H and O–H groups in total. The van der Waals surface area contributed by atoms with Crippen LogP contribution in [0, 0.1) is 0 Å². The van der Waals surface area contributed by atoms with E-state index in [0.29, 0.717) is 18.1 Å². The van der Waals surface area contributed by atoms with Gasteiger partial charge in [-0.1, -0.05) is 17.7 Å². The van der Waals surface area contributed by atoms with Crippen molar-refractivity contribution in [1.82, 2.24) is 4.90 Å². The highest BCUT2D eigenvalue weighted by atomic mass is 35.5. The molecule has 94 valence electrons. The molecular formula is C12H18ClN3O. The molecule has 0 aliphatic rings. The molecule has 5 heteroatoms. The Labute approximate surface area is 107 Å². The largest absolute Gasteiger partial charge is 0.365 e. The fourth-order valence-corrected chi connectivity index (χ4v) is 1.78. The topological polar surface area (TPSA) is 49.6 Å². The monoisotopic (exact) mass is 255 g/mol. The standard InChI is InChI=1S/C12H18ClN3O/c1-15(2)12(17)8-16(3)11-6-4-5-10(13)9(11)7-14/h4-6H,7-8,14H2,1-3H3. The Morgan fingerprint density at radius 2 is 2.00 bits per heavy atom. The van der Waals surface area contributed by atoms with Gasteiger partial charge in [0.2, 0.25) is 5.91 Å². The van der Waals surface area contributed by atoms with Crippen molar-refractivity contribution in [2.75, 3.05) is 32.6 Å². The summed E-state index contributed by atoms with van der Waals surface area (Å²) in [5.41, 5.74) is 7.44. The van der Waals surface area contributed by atoms with E-state index >= 15 is 0 Å². The second-order valence-corrected chi connectivity index (χ2v) is 4.49. The van der Waals surface area contributed by atoms with E-state index in [4.69, 9.17) is 17.3 Å². The number of nitrogens with two attached hydrogens (primary N) is 1. The Bertz CT molecular complexity index is 407. The summed E-state index contributed by atoms with van der Waals surface area (Å²) >= 11 is 6.07. The minimum absolute atomic E-state index is 0.0375. The van der Waals surface area contributed by atoms with Gasteiger partial charge in [0.15, 0.2) is 0 Å². The number of hydrogen-bond donors (Lipinski definition) is 1. The quantitative estimate of drug-likeness (QED) is 0.883. The summed E-state index contributed by atoms with van der Waals surface area (Å²) in [7, 11) is 5.32. The molecule has 0 aliphatic carbocycles. The molecule has 0 radical (unpaired) electrons. The first-order valence-electron chi connectivity index (χ1n) is 5.36. The molecule has 0 atom stereocenters. The van der Waals surface area contributed by atoms with Gasteiger partial charge in [0.05, 0.1) is 6.54 Å². The maximum Gasteiger partial charge on any atom is 0.241 e. The van der Waals surface area contributed by atoms with Gasteiger partial charge in [-0.2, -0.15) is 0 Å². The highest BCUT2D eigenvalue weighted by Gasteiger charge is 2.13. The zero-order valence-corrected chi connectivity index (χ0v) is 11.2. The molecule has 17 heavy (non-hydrogen) atoms. The number of benzene rings is 1. The first-order chi connectivity index (χ1) is 7.97. The summed E-state index contributed by atoms with van der Waals surface area (Å²) in [5.74, 6) is 0.0375. The lowest BCUT2D eigenvalue weighted by molar-refractivity contribution is -0.127. The van der Waals surface area contributed by atoms with E-state index in [1.807, 2.05) is 24.1 Å². The zero-order valence-electron chi connectivity index (χ0n) is 10.4. The second-order valence-electron chi connectivity index (χ2n) is 4.09. The van der Waals surface area contributed by atoms with E-state index in [9.17, 15) is 4.79 Å². The molecule has 0 aliphatic heterocycles. The third-order valence-corrected chi connectivity index (χ3v) is 2.93. The predicted molar refractivity (Wildman–Crippen MR) is 71.3 cm³/mol. The summed E-state index contributed by atoms with van der Waals surface area (Å²) in [5, 5.41) is 0.633. The van der Waals surface area contributed by atoms with Gasteiger partial charge in [-0.3, -0.25) is 4.79 Å². The highest BCUT2D eigenvalue weighted by molar-refractivity contribution is 6.31. The predicted octanol–water partition coefficient (Wildman–Crippen LogP) is 1.32. The molecule has 1 aromatic rings. The van der Waals surface area contributed by atoms with Crippen LogP contribution >= 0.6 is 11.6 Å². The first-order valence-corrected chi connectivity index (χ1v) is 5.74. The van der Waals surface area contributed by atoms with Crippen molar-refractivity contribution < 1.29 is 4.79 Å². The number of amides is 1. The van der Waals surface area contributed by atoms with Crippen molar-refractivity contribution in [3.63, 3.8) is 0 Å². The minimum atomic E-state index is 0.0375. The molecule has 0 fully saturated rings. The normalized spacial score (nSPS) is 10.2. The van der Waals surface area contributed by atoms with E-state index in [0.717, 1.165) is 11.3 Å². The van der Waals surface area contributed by atoms with Crippen LogP contribution in [-0.2, 0) is 11.3 Å². The summed E-state index contributed by atoms with van der Waals surface area (Å²) in [4.78, 5) is 15.0. The Morgan fingerprint density at radius 1 is 1.35 bits per heavy atom. The number of halogens is 1. The van der Waals surface area contributed by atoms with E-state index in [1.165, 1.54) is 0 Å². The average molecular weight is 256 g/mol. The van der Waals surface area contributed by atoms with Crippen molar-refractivity contribution in [2.45, 2.75) is 6.54 Å². The molecule has 0 aromatic heterocycles. The van der Waals surface area contributed by atoms with Crippen LogP contribution < -0.4 is 10.6 Å². The SMILES string of the molecule is CN(C)C(=O)CN(C)c1cccc(Cl)c1CN. The van der Waals surface area contributed by atoms with Crippen LogP contribution in [0.3, 0.4) is 0 Å². The molecule has 1 amide bonds. The number of rotatable bonds is 4. The van der Waals surface area contributed by atoms with E-state index in [-0.39, 0.29) is 5.91 Å². The van der Waals surface area contributed by atoms with E-state index in [1.54, 1.807) is 25.1 Å². The van der Waals surface area contributed by atoms with Gasteiger partial charge in [0.1, 0.15) is 0 Å². The van der Waals surface area contributed by atoms with Gasteiger partial charge < -0.3 is 15.5 Å². The van der Waals surface area contributed by atoms with Crippen molar-refractivity contribution in [1.29, 1.82) is 0 Å². The van der Waals surface area contributed by atoms with Crippen LogP contribution in [0.1, 0.15) is 5.56 Å². The van der Waals surface area contributed by atoms with Crippen LogP contribution in [0.15, 0.2) is 18.2 Å². The van der Waals surface area contributed by atoms with Gasteiger partial charge in [-0.15, -0.1) is 0 Å². The van der Waals surface area contributed by atoms with Crippen LogP contribution in [0.5, 0.6) is 0 Å². The lowest BCUT2D eigenvalue weighted by Crippen LogP contribution is -2.34. The Morgan fingerprint density at radius 3 is 2.53 bits per heavy atom. The molecule has 0 unspecified atom stereocenters. The van der Waals surface area contributed by atoms with Crippen molar-refractivity contribution in [3.05, 3.63) is 28.8 Å². The number of likely N-dealkylation sites (N-methyl/N-ethyl adjacent to an activating group) is 2. The number of hydrogen-bond acceptors (Lipinski definition) is 3. The molecule has 0 spiro atoms. The summed E-state index contributed by atoms with van der Waals surface area (Å²) in [6.45, 7) is 0.663. The molecule has 0 bridgehead atoms. The van der Waals surface area contributed by atoms with Crippen LogP contribution in [0.4, 0.5) is 5.69 Å². The fourth-order valence-electron chi connectivity index (χ4n) is 1.54. The zero-order chi connectivity index (χ0) is 13.0. The second kappa shape index (κ2) is 5.89. The molecule has 4 nitrogen and oxygen atoms in total. The number of carbonyl (C=O) groups excluding carboxylic acids is 1. The van der Waals surface area contributed by atoms with Crippen molar-refractivity contribution in [3.8, 4) is 0 Å². The third-order valence-electron chi connectivity index (χ3n) is 2.58. The van der Waals surface area contributed by atoms with Crippen molar-refractivity contribution >= 4 is 23.2 Å². The smallest absolute Gasteiger partial charge is 0.241 e. The van der Waals surface area contributed by atoms with Gasteiger partial charge in [-0.25, -0.2) is 0 Å². The van der Waals surface area contributed by atoms with E-state index in [2.05, 4.69) is 0 Å². The fraction of sp³-hybridized carbons (Fsp3) is 0.417. The summed E-state index contributed by atoms with van der Waals surface area (Å²) in [6.07, 6.45) is 0. The Kier molecular flexibility index (Phi) is 4.78. The van der Waals surface area contributed by atoms with Crippen LogP contribution in [-0.4, -0.2) is 38.5 Å². The molecule has 0 saturated carbocycles. The van der Waals surface area contributed by atoms with Gasteiger partial charge in [0, 0.05) is 44.0 Å². The highest BCUT2D eigenvalue weighted by Crippen LogP contribution is 2.26. The summed E-state index contributed by atoms with van der Waals surface area (Å²) < 4.78 is 0. The molecular weight excluding hydrogens is 238 g/mol. The van der Waals surface area contributed by atoms with Gasteiger partial charge in [0.25, 0.3) is 0 Å². The molecule has 1 rings (SSSR count). The first kappa shape index (κ1) is 13.8. The van der Waals surface area contributed by atoms with Gasteiger partial charge in [-0.05, 0) is 12.1 Å². The van der Waals surface area contributed by atoms with Crippen molar-refractivity contribution in [2.24, 2.45) is 5.73 Å². The molecule has 0 saturated heterocycles. The lowest BCUT2D eigenvalue weighted by atomic mass is 10.1. The summed E-state index contributed by atoms with van der Waals surface area (Å²) in [6, 6.07) is 5.57. The molecule has 1 aromatic carbocycles. The number of anilines is 1. The number of nitrogens with zero attached hydrogens (tertiary/aromatic N) is 2. The third kappa shape index (κ3) is 3.35. The van der Waals surface area contributed by atoms with Gasteiger partial charge >= 0.3 is 0 Å². The number of carbonyl (C=O) groups is 1. The van der Waals surface area contributed by atoms with Crippen LogP contribution in [0.25, 0.3) is 0 Å². The van der Waals surface area contributed by atoms with E-state index < -0.39 is 0 Å². The lowest BCUT2D eigenvalue weighted by Gasteiger charge is -2.23. The Hall–Kier alpha value is -1.26. The Balaban J connectivity index is 2.92. The molecule has 0 heterocycles. The van der Waals surface area contributed by atoms with Crippen LogP contribution in [0.2, 0.25) is 5.02 Å². The maximum atomic E-state index is 11.6. The minimum Gasteiger partial charge on any atom is -0.365 e. The average Bonchev–Trinajstić information content (AvgIpc) is 2.28.